The number of allylic oxidation sites excluding steroid dienone is 4. The Balaban J connectivity index is 2.70. The third-order valence-corrected chi connectivity index (χ3v) is 1.65. The van der Waals surface area contributed by atoms with Gasteiger partial charge in [-0.25, -0.2) is 0 Å². The molecule has 0 saturated carbocycles. The molecule has 0 spiro atoms. The van der Waals surface area contributed by atoms with Gasteiger partial charge in [0.25, 0.3) is 0 Å². The van der Waals surface area contributed by atoms with E-state index in [0.717, 1.165) is 18.4 Å². The zero-order chi connectivity index (χ0) is 8.10. The fourth-order valence-corrected chi connectivity index (χ4v) is 1.08. The van der Waals surface area contributed by atoms with Crippen molar-refractivity contribution in [3.63, 3.8) is 0 Å². The lowest BCUT2D eigenvalue weighted by Crippen LogP contribution is -2.04. The van der Waals surface area contributed by atoms with Gasteiger partial charge in [0.05, 0.1) is 0 Å². The number of terminal acetylenes is 1. The van der Waals surface area contributed by atoms with Gasteiger partial charge in [-0.1, -0.05) is 12.0 Å². The number of ketones is 1. The van der Waals surface area contributed by atoms with E-state index < -0.39 is 0 Å². The van der Waals surface area contributed by atoms with Crippen LogP contribution in [0.2, 0.25) is 0 Å². The first kappa shape index (κ1) is 7.81. The molecular weight excluding hydrogens is 136 g/mol. The summed E-state index contributed by atoms with van der Waals surface area (Å²) in [7, 11) is 0. The summed E-state index contributed by atoms with van der Waals surface area (Å²) in [5.74, 6) is 2.57. The molecule has 0 aromatic rings. The Kier molecular flexibility index (Phi) is 2.68. The Bertz CT molecular complexity index is 251. The van der Waals surface area contributed by atoms with Crippen LogP contribution in [-0.4, -0.2) is 5.78 Å². The van der Waals surface area contributed by atoms with Gasteiger partial charge in [0, 0.05) is 12.0 Å². The molecule has 0 aliphatic heterocycles. The average molecular weight is 146 g/mol. The zero-order valence-electron chi connectivity index (χ0n) is 6.34. The maximum atomic E-state index is 11.1. The highest BCUT2D eigenvalue weighted by atomic mass is 16.1. The van der Waals surface area contributed by atoms with Crippen LogP contribution in [-0.2, 0) is 4.79 Å². The predicted molar refractivity (Wildman–Crippen MR) is 44.9 cm³/mol. The molecular formula is C10H10O. The number of Topliss-reactive ketones (excluding diaryl/α,β-unsaturated/α-hetero) is 1. The minimum absolute atomic E-state index is 0.211. The largest absolute Gasteiger partial charge is 0.294 e. The van der Waals surface area contributed by atoms with Gasteiger partial charge < -0.3 is 0 Å². The molecule has 0 radical (unpaired) electrons. The van der Waals surface area contributed by atoms with Crippen molar-refractivity contribution >= 4 is 5.78 Å². The van der Waals surface area contributed by atoms with E-state index >= 15 is 0 Å². The fraction of sp³-hybridized carbons (Fsp3) is 0.300. The van der Waals surface area contributed by atoms with E-state index in [-0.39, 0.29) is 5.78 Å². The molecule has 1 aliphatic carbocycles. The van der Waals surface area contributed by atoms with Gasteiger partial charge in [0.1, 0.15) is 0 Å². The molecule has 0 atom stereocenters. The number of carbonyl (C=O) groups is 1. The fourth-order valence-electron chi connectivity index (χ4n) is 1.08. The van der Waals surface area contributed by atoms with E-state index in [1.807, 2.05) is 6.08 Å². The molecule has 0 bridgehead atoms. The predicted octanol–water partition coefficient (Wildman–Crippen LogP) is 1.86. The van der Waals surface area contributed by atoms with Crippen LogP contribution in [0.4, 0.5) is 0 Å². The molecule has 0 amide bonds. The molecule has 0 aromatic heterocycles. The molecule has 1 rings (SSSR count). The molecule has 1 heteroatoms. The van der Waals surface area contributed by atoms with E-state index in [1.54, 1.807) is 12.2 Å². The van der Waals surface area contributed by atoms with Crippen molar-refractivity contribution in [3.05, 3.63) is 23.8 Å². The molecule has 11 heavy (non-hydrogen) atoms. The summed E-state index contributed by atoms with van der Waals surface area (Å²) in [6.45, 7) is 0. The third kappa shape index (κ3) is 2.09. The van der Waals surface area contributed by atoms with Crippen molar-refractivity contribution in [3.8, 4) is 12.3 Å². The quantitative estimate of drug-likeness (QED) is 0.516. The first-order valence-corrected chi connectivity index (χ1v) is 3.70. The van der Waals surface area contributed by atoms with Gasteiger partial charge in [-0.15, -0.1) is 6.42 Å². The number of rotatable bonds is 1. The second-order valence-electron chi connectivity index (χ2n) is 2.47. The Morgan fingerprint density at radius 3 is 3.09 bits per heavy atom. The number of hydrogen-bond acceptors (Lipinski definition) is 1. The van der Waals surface area contributed by atoms with Crippen molar-refractivity contribution < 1.29 is 4.79 Å². The summed E-state index contributed by atoms with van der Waals surface area (Å²) < 4.78 is 0. The monoisotopic (exact) mass is 146 g/mol. The van der Waals surface area contributed by atoms with Gasteiger partial charge in [-0.3, -0.25) is 4.79 Å². The first-order valence-electron chi connectivity index (χ1n) is 3.70. The van der Waals surface area contributed by atoms with E-state index in [4.69, 9.17) is 6.42 Å². The smallest absolute Gasteiger partial charge is 0.162 e. The van der Waals surface area contributed by atoms with E-state index in [2.05, 4.69) is 5.92 Å². The maximum absolute atomic E-state index is 11.1. The van der Waals surface area contributed by atoms with Crippen molar-refractivity contribution in [2.45, 2.75) is 19.3 Å². The molecule has 0 unspecified atom stereocenters. The van der Waals surface area contributed by atoms with E-state index in [1.165, 1.54) is 0 Å². The standard InChI is InChI=1S/C10H10O/c1-2-3-6-9-7-4-5-8-10(9)11/h1,3,6-7H,4-5,8H2. The second kappa shape index (κ2) is 3.78. The van der Waals surface area contributed by atoms with Gasteiger partial charge in [-0.2, -0.15) is 0 Å². The van der Waals surface area contributed by atoms with Gasteiger partial charge in [0.15, 0.2) is 5.78 Å². The van der Waals surface area contributed by atoms with Gasteiger partial charge >= 0.3 is 0 Å². The molecule has 1 nitrogen and oxygen atoms in total. The Labute approximate surface area is 66.8 Å². The minimum Gasteiger partial charge on any atom is -0.294 e. The summed E-state index contributed by atoms with van der Waals surface area (Å²) in [5.41, 5.74) is 0.772. The van der Waals surface area contributed by atoms with Crippen LogP contribution in [0.1, 0.15) is 19.3 Å². The summed E-state index contributed by atoms with van der Waals surface area (Å²) in [5, 5.41) is 0. The Hall–Kier alpha value is -1.29. The van der Waals surface area contributed by atoms with Crippen LogP contribution in [0.25, 0.3) is 0 Å². The first-order chi connectivity index (χ1) is 5.34. The van der Waals surface area contributed by atoms with Crippen LogP contribution in [0.3, 0.4) is 0 Å². The zero-order valence-corrected chi connectivity index (χ0v) is 6.34. The van der Waals surface area contributed by atoms with E-state index in [9.17, 15) is 4.79 Å². The highest BCUT2D eigenvalue weighted by Gasteiger charge is 2.09. The molecule has 0 N–H and O–H groups in total. The lowest BCUT2D eigenvalue weighted by molar-refractivity contribution is -0.115. The molecule has 0 heterocycles. The topological polar surface area (TPSA) is 17.1 Å². The summed E-state index contributed by atoms with van der Waals surface area (Å²) in [6, 6.07) is 0. The van der Waals surface area contributed by atoms with E-state index in [0.29, 0.717) is 6.42 Å². The second-order valence-corrected chi connectivity index (χ2v) is 2.47. The average Bonchev–Trinajstić information content (AvgIpc) is 2.03. The van der Waals surface area contributed by atoms with Crippen molar-refractivity contribution in [2.75, 3.05) is 0 Å². The highest BCUT2D eigenvalue weighted by molar-refractivity contribution is 5.98. The molecule has 0 fully saturated rings. The van der Waals surface area contributed by atoms with Crippen molar-refractivity contribution in [2.24, 2.45) is 0 Å². The van der Waals surface area contributed by atoms with Crippen molar-refractivity contribution in [1.82, 2.24) is 0 Å². The Morgan fingerprint density at radius 2 is 2.45 bits per heavy atom. The van der Waals surface area contributed by atoms with Crippen LogP contribution in [0, 0.1) is 12.3 Å². The summed E-state index contributed by atoms with van der Waals surface area (Å²) in [4.78, 5) is 11.1. The molecule has 56 valence electrons. The minimum atomic E-state index is 0.211. The van der Waals surface area contributed by atoms with Crippen LogP contribution < -0.4 is 0 Å². The van der Waals surface area contributed by atoms with Crippen LogP contribution in [0.15, 0.2) is 23.8 Å². The molecule has 0 aromatic carbocycles. The summed E-state index contributed by atoms with van der Waals surface area (Å²) in [6.07, 6.45) is 12.9. The molecule has 1 aliphatic rings. The normalized spacial score (nSPS) is 18.1. The number of hydrogen-bond donors (Lipinski definition) is 0. The third-order valence-electron chi connectivity index (χ3n) is 1.65. The lowest BCUT2D eigenvalue weighted by Gasteiger charge is -2.06. The number of carbonyl (C=O) groups excluding carboxylic acids is 1. The SMILES string of the molecule is C#CC=CC1=CCCCC1=O. The molecule has 0 saturated heterocycles. The van der Waals surface area contributed by atoms with Crippen molar-refractivity contribution in [1.29, 1.82) is 0 Å². The van der Waals surface area contributed by atoms with Gasteiger partial charge in [0.2, 0.25) is 0 Å². The van der Waals surface area contributed by atoms with Gasteiger partial charge in [-0.05, 0) is 25.0 Å². The summed E-state index contributed by atoms with van der Waals surface area (Å²) >= 11 is 0. The Morgan fingerprint density at radius 1 is 1.64 bits per heavy atom. The lowest BCUT2D eigenvalue weighted by atomic mass is 9.98. The maximum Gasteiger partial charge on any atom is 0.162 e. The van der Waals surface area contributed by atoms with Crippen LogP contribution in [0.5, 0.6) is 0 Å². The van der Waals surface area contributed by atoms with Crippen LogP contribution >= 0.6 is 0 Å². The highest BCUT2D eigenvalue weighted by Crippen LogP contribution is 2.14.